The molecule has 1 saturated heterocycles. The van der Waals surface area contributed by atoms with Crippen molar-refractivity contribution in [2.24, 2.45) is 11.3 Å². The molecule has 0 atom stereocenters. The Kier molecular flexibility index (Phi) is 4.78. The second kappa shape index (κ2) is 5.67. The molecule has 1 fully saturated rings. The normalized spacial score (nSPS) is 18.4. The molecule has 0 unspecified atom stereocenters. The maximum absolute atomic E-state index is 10.3. The van der Waals surface area contributed by atoms with Crippen LogP contribution in [0.3, 0.4) is 0 Å². The van der Waals surface area contributed by atoms with Crippen molar-refractivity contribution in [3.63, 3.8) is 0 Å². The predicted molar refractivity (Wildman–Crippen MR) is 65.5 cm³/mol. The summed E-state index contributed by atoms with van der Waals surface area (Å²) in [5.41, 5.74) is 0.444. The molecule has 0 aromatic heterocycles. The number of likely N-dealkylation sites (tertiary alicyclic amines) is 1. The summed E-state index contributed by atoms with van der Waals surface area (Å²) in [5.74, 6) is 0.170. The van der Waals surface area contributed by atoms with Crippen molar-refractivity contribution >= 4 is 5.97 Å². The Morgan fingerprint density at radius 2 is 1.88 bits per heavy atom. The fraction of sp³-hybridized carbons (Fsp3) is 0.923. The predicted octanol–water partition coefficient (Wildman–Crippen LogP) is 2.61. The maximum atomic E-state index is 10.3. The number of unbranched alkanes of at least 4 members (excludes halogenated alkanes) is 2. The summed E-state index contributed by atoms with van der Waals surface area (Å²) in [6, 6.07) is 0. The molecule has 1 aliphatic heterocycles. The van der Waals surface area contributed by atoms with Gasteiger partial charge in [-0.25, -0.2) is 0 Å². The topological polar surface area (TPSA) is 40.5 Å². The first-order valence-electron chi connectivity index (χ1n) is 6.34. The van der Waals surface area contributed by atoms with Crippen LogP contribution in [0.25, 0.3) is 0 Å². The Labute approximate surface area is 98.8 Å². The molecule has 1 rings (SSSR count). The summed E-state index contributed by atoms with van der Waals surface area (Å²) in [7, 11) is 0. The molecule has 1 heterocycles. The maximum Gasteiger partial charge on any atom is 0.303 e. The van der Waals surface area contributed by atoms with E-state index in [9.17, 15) is 4.79 Å². The van der Waals surface area contributed by atoms with Crippen molar-refractivity contribution in [2.45, 2.75) is 46.5 Å². The Bertz CT molecular complexity index is 227. The van der Waals surface area contributed by atoms with E-state index in [0.29, 0.717) is 11.8 Å². The molecular weight excluding hydrogens is 202 g/mol. The van der Waals surface area contributed by atoms with E-state index < -0.39 is 5.97 Å². The zero-order valence-electron chi connectivity index (χ0n) is 10.8. The third kappa shape index (κ3) is 4.52. The van der Waals surface area contributed by atoms with E-state index in [2.05, 4.69) is 25.7 Å². The van der Waals surface area contributed by atoms with Crippen LogP contribution in [0.15, 0.2) is 0 Å². The number of carboxylic acid groups (broad SMARTS) is 1. The van der Waals surface area contributed by atoms with E-state index in [1.165, 1.54) is 13.1 Å². The summed E-state index contributed by atoms with van der Waals surface area (Å²) in [5, 5.41) is 8.49. The molecule has 16 heavy (non-hydrogen) atoms. The van der Waals surface area contributed by atoms with E-state index in [1.807, 2.05) is 0 Å². The SMILES string of the molecule is CC(C)(C)C1CN(CCCCCC(=O)O)C1. The molecule has 0 aromatic rings. The third-order valence-electron chi connectivity index (χ3n) is 3.55. The molecule has 0 aliphatic carbocycles. The van der Waals surface area contributed by atoms with E-state index in [-0.39, 0.29) is 0 Å². The molecule has 0 radical (unpaired) electrons. The summed E-state index contributed by atoms with van der Waals surface area (Å²) < 4.78 is 0. The Morgan fingerprint density at radius 1 is 1.25 bits per heavy atom. The summed E-state index contributed by atoms with van der Waals surface area (Å²) in [4.78, 5) is 12.8. The highest BCUT2D eigenvalue weighted by atomic mass is 16.4. The van der Waals surface area contributed by atoms with Crippen LogP contribution in [-0.2, 0) is 4.79 Å². The molecular formula is C13H25NO2. The quantitative estimate of drug-likeness (QED) is 0.709. The van der Waals surface area contributed by atoms with Gasteiger partial charge >= 0.3 is 5.97 Å². The zero-order chi connectivity index (χ0) is 12.2. The van der Waals surface area contributed by atoms with E-state index in [0.717, 1.165) is 31.7 Å². The number of rotatable bonds is 6. The first-order chi connectivity index (χ1) is 7.39. The zero-order valence-corrected chi connectivity index (χ0v) is 10.8. The average Bonchev–Trinajstić information content (AvgIpc) is 2.04. The van der Waals surface area contributed by atoms with Crippen LogP contribution >= 0.6 is 0 Å². The minimum absolute atomic E-state index is 0.324. The van der Waals surface area contributed by atoms with Gasteiger partial charge in [-0.1, -0.05) is 27.2 Å². The van der Waals surface area contributed by atoms with E-state index in [4.69, 9.17) is 5.11 Å². The van der Waals surface area contributed by atoms with Crippen LogP contribution in [0, 0.1) is 11.3 Å². The molecule has 3 heteroatoms. The second-order valence-corrected chi connectivity index (χ2v) is 6.03. The van der Waals surface area contributed by atoms with Gasteiger partial charge in [-0.05, 0) is 30.7 Å². The Hall–Kier alpha value is -0.570. The average molecular weight is 227 g/mol. The van der Waals surface area contributed by atoms with Gasteiger partial charge in [0.1, 0.15) is 0 Å². The lowest BCUT2D eigenvalue weighted by atomic mass is 9.76. The van der Waals surface area contributed by atoms with Crippen LogP contribution in [0.5, 0.6) is 0 Å². The van der Waals surface area contributed by atoms with Gasteiger partial charge in [-0.3, -0.25) is 4.79 Å². The first kappa shape index (κ1) is 13.5. The highest BCUT2D eigenvalue weighted by Gasteiger charge is 2.34. The molecule has 94 valence electrons. The van der Waals surface area contributed by atoms with Gasteiger partial charge in [0, 0.05) is 19.5 Å². The van der Waals surface area contributed by atoms with Crippen LogP contribution in [0.4, 0.5) is 0 Å². The number of aliphatic carboxylic acids is 1. The van der Waals surface area contributed by atoms with Crippen molar-refractivity contribution in [3.8, 4) is 0 Å². The first-order valence-corrected chi connectivity index (χ1v) is 6.34. The number of nitrogens with zero attached hydrogens (tertiary/aromatic N) is 1. The van der Waals surface area contributed by atoms with Crippen LogP contribution in [-0.4, -0.2) is 35.6 Å². The highest BCUT2D eigenvalue weighted by molar-refractivity contribution is 5.66. The number of hydrogen-bond donors (Lipinski definition) is 1. The molecule has 1 aliphatic rings. The van der Waals surface area contributed by atoms with Crippen LogP contribution in [0.2, 0.25) is 0 Å². The molecule has 1 N–H and O–H groups in total. The summed E-state index contributed by atoms with van der Waals surface area (Å²) >= 11 is 0. The summed E-state index contributed by atoms with van der Waals surface area (Å²) in [6.45, 7) is 10.5. The molecule has 0 spiro atoms. The molecule has 0 bridgehead atoms. The van der Waals surface area contributed by atoms with E-state index in [1.54, 1.807) is 0 Å². The standard InChI is InChI=1S/C13H25NO2/c1-13(2,3)11-9-14(10-11)8-6-4-5-7-12(15)16/h11H,4-10H2,1-3H3,(H,15,16). The van der Waals surface area contributed by atoms with Gasteiger partial charge in [0.2, 0.25) is 0 Å². The minimum atomic E-state index is -0.670. The molecule has 0 aromatic carbocycles. The second-order valence-electron chi connectivity index (χ2n) is 6.03. The van der Waals surface area contributed by atoms with Gasteiger partial charge in [0.05, 0.1) is 0 Å². The highest BCUT2D eigenvalue weighted by Crippen LogP contribution is 2.33. The lowest BCUT2D eigenvalue weighted by Gasteiger charge is -2.46. The van der Waals surface area contributed by atoms with Gasteiger partial charge in [0.15, 0.2) is 0 Å². The molecule has 3 nitrogen and oxygen atoms in total. The fourth-order valence-corrected chi connectivity index (χ4v) is 2.09. The van der Waals surface area contributed by atoms with Crippen molar-refractivity contribution in [3.05, 3.63) is 0 Å². The van der Waals surface area contributed by atoms with Crippen molar-refractivity contribution in [1.29, 1.82) is 0 Å². The van der Waals surface area contributed by atoms with E-state index >= 15 is 0 Å². The lowest BCUT2D eigenvalue weighted by molar-refractivity contribution is -0.137. The van der Waals surface area contributed by atoms with Crippen molar-refractivity contribution in [1.82, 2.24) is 4.90 Å². The lowest BCUT2D eigenvalue weighted by Crippen LogP contribution is -2.52. The van der Waals surface area contributed by atoms with Gasteiger partial charge in [0.25, 0.3) is 0 Å². The largest absolute Gasteiger partial charge is 0.481 e. The fourth-order valence-electron chi connectivity index (χ4n) is 2.09. The number of hydrogen-bond acceptors (Lipinski definition) is 2. The smallest absolute Gasteiger partial charge is 0.303 e. The van der Waals surface area contributed by atoms with Gasteiger partial charge < -0.3 is 10.0 Å². The number of carbonyl (C=O) groups is 1. The third-order valence-corrected chi connectivity index (χ3v) is 3.55. The van der Waals surface area contributed by atoms with Crippen molar-refractivity contribution < 1.29 is 9.90 Å². The van der Waals surface area contributed by atoms with Gasteiger partial charge in [-0.2, -0.15) is 0 Å². The minimum Gasteiger partial charge on any atom is -0.481 e. The molecule has 0 saturated carbocycles. The summed E-state index contributed by atoms with van der Waals surface area (Å²) in [6.07, 6.45) is 3.34. The molecule has 0 amide bonds. The Morgan fingerprint density at radius 3 is 2.38 bits per heavy atom. The Balaban J connectivity index is 1.96. The van der Waals surface area contributed by atoms with Crippen LogP contribution < -0.4 is 0 Å². The number of carboxylic acids is 1. The van der Waals surface area contributed by atoms with Crippen LogP contribution in [0.1, 0.15) is 46.5 Å². The van der Waals surface area contributed by atoms with Gasteiger partial charge in [-0.15, -0.1) is 0 Å². The van der Waals surface area contributed by atoms with Crippen molar-refractivity contribution in [2.75, 3.05) is 19.6 Å². The monoisotopic (exact) mass is 227 g/mol.